The largest absolute Gasteiger partial charge is 0.394 e. The third-order valence-corrected chi connectivity index (χ3v) is 4.14. The van der Waals surface area contributed by atoms with Crippen LogP contribution in [0.15, 0.2) is 0 Å². The lowest BCUT2D eigenvalue weighted by Crippen LogP contribution is -2.43. The van der Waals surface area contributed by atoms with Crippen LogP contribution >= 0.6 is 11.6 Å². The summed E-state index contributed by atoms with van der Waals surface area (Å²) < 4.78 is 0. The lowest BCUT2D eigenvalue weighted by atomic mass is 10.0. The van der Waals surface area contributed by atoms with Crippen molar-refractivity contribution >= 4 is 23.1 Å². The van der Waals surface area contributed by atoms with Crippen molar-refractivity contribution in [3.05, 3.63) is 11.0 Å². The molecule has 2 N–H and O–H groups in total. The molecule has 1 saturated heterocycles. The highest BCUT2D eigenvalue weighted by molar-refractivity contribution is 6.28. The highest BCUT2D eigenvalue weighted by Gasteiger charge is 2.24. The highest BCUT2D eigenvalue weighted by atomic mass is 35.5. The van der Waals surface area contributed by atoms with Crippen LogP contribution in [0.25, 0.3) is 0 Å². The maximum absolute atomic E-state index is 6.08. The Kier molecular flexibility index (Phi) is 4.47. The highest BCUT2D eigenvalue weighted by Crippen LogP contribution is 2.28. The summed E-state index contributed by atoms with van der Waals surface area (Å²) in [5.41, 5.74) is 7.45. The maximum atomic E-state index is 6.08. The average molecular weight is 284 g/mol. The lowest BCUT2D eigenvalue weighted by Gasteiger charge is -2.37. The van der Waals surface area contributed by atoms with Crippen molar-refractivity contribution in [3.63, 3.8) is 0 Å². The number of likely N-dealkylation sites (tertiary alicyclic amines) is 1. The second-order valence-electron chi connectivity index (χ2n) is 5.09. The van der Waals surface area contributed by atoms with Gasteiger partial charge in [0.25, 0.3) is 0 Å². The SMILES string of the molecule is CCN1CCC(N(C)c2nc(Cl)nc(C)c2N)CC1. The molecular weight excluding hydrogens is 262 g/mol. The summed E-state index contributed by atoms with van der Waals surface area (Å²) in [5, 5.41) is 0.263. The van der Waals surface area contributed by atoms with E-state index in [0.717, 1.165) is 44.0 Å². The fraction of sp³-hybridized carbons (Fsp3) is 0.692. The molecule has 1 aromatic rings. The minimum absolute atomic E-state index is 0.263. The van der Waals surface area contributed by atoms with Gasteiger partial charge in [-0.1, -0.05) is 6.92 Å². The number of nitrogens with two attached hydrogens (primary N) is 1. The molecule has 0 radical (unpaired) electrons. The first-order valence-corrected chi connectivity index (χ1v) is 7.15. The minimum atomic E-state index is 0.263. The van der Waals surface area contributed by atoms with Gasteiger partial charge in [-0.2, -0.15) is 4.98 Å². The normalized spacial score (nSPS) is 17.7. The first-order valence-electron chi connectivity index (χ1n) is 6.77. The Hall–Kier alpha value is -1.07. The van der Waals surface area contributed by atoms with Crippen LogP contribution in [0.5, 0.6) is 0 Å². The van der Waals surface area contributed by atoms with Crippen LogP contribution in [0.1, 0.15) is 25.5 Å². The summed E-state index contributed by atoms with van der Waals surface area (Å²) in [5.74, 6) is 0.757. The molecule has 1 aromatic heterocycles. The van der Waals surface area contributed by atoms with Gasteiger partial charge in [0.05, 0.1) is 11.4 Å². The van der Waals surface area contributed by atoms with E-state index < -0.39 is 0 Å². The molecule has 0 aromatic carbocycles. The molecule has 2 rings (SSSR count). The van der Waals surface area contributed by atoms with E-state index in [1.165, 1.54) is 0 Å². The average Bonchev–Trinajstić information content (AvgIpc) is 2.42. The van der Waals surface area contributed by atoms with Crippen molar-refractivity contribution < 1.29 is 0 Å². The standard InChI is InChI=1S/C13H22ClN5/c1-4-19-7-5-10(6-8-19)18(3)12-11(15)9(2)16-13(14)17-12/h10H,4-8,15H2,1-3H3. The van der Waals surface area contributed by atoms with Crippen molar-refractivity contribution in [2.45, 2.75) is 32.7 Å². The predicted octanol–water partition coefficient (Wildman–Crippen LogP) is 1.94. The molecule has 0 saturated carbocycles. The number of aryl methyl sites for hydroxylation is 1. The number of halogens is 1. The van der Waals surface area contributed by atoms with E-state index in [0.29, 0.717) is 11.7 Å². The number of anilines is 2. The van der Waals surface area contributed by atoms with E-state index in [9.17, 15) is 0 Å². The Bertz CT molecular complexity index is 443. The predicted molar refractivity (Wildman–Crippen MR) is 79.7 cm³/mol. The molecule has 0 bridgehead atoms. The zero-order valence-corrected chi connectivity index (χ0v) is 12.6. The molecule has 1 fully saturated rings. The van der Waals surface area contributed by atoms with Crippen LogP contribution in [-0.4, -0.2) is 47.6 Å². The van der Waals surface area contributed by atoms with Gasteiger partial charge in [-0.3, -0.25) is 0 Å². The molecule has 0 amide bonds. The fourth-order valence-electron chi connectivity index (χ4n) is 2.60. The minimum Gasteiger partial charge on any atom is -0.394 e. The van der Waals surface area contributed by atoms with Crippen LogP contribution in [0.2, 0.25) is 5.28 Å². The van der Waals surface area contributed by atoms with E-state index in [1.807, 2.05) is 14.0 Å². The first kappa shape index (κ1) is 14.3. The van der Waals surface area contributed by atoms with E-state index in [-0.39, 0.29) is 5.28 Å². The van der Waals surface area contributed by atoms with Gasteiger partial charge in [0.1, 0.15) is 0 Å². The monoisotopic (exact) mass is 283 g/mol. The Morgan fingerprint density at radius 2 is 2.00 bits per heavy atom. The number of rotatable bonds is 3. The van der Waals surface area contributed by atoms with Crippen molar-refractivity contribution in [3.8, 4) is 0 Å². The lowest BCUT2D eigenvalue weighted by molar-refractivity contribution is 0.220. The van der Waals surface area contributed by atoms with E-state index in [2.05, 4.69) is 26.7 Å². The molecule has 1 aliphatic heterocycles. The van der Waals surface area contributed by atoms with Crippen LogP contribution in [0.4, 0.5) is 11.5 Å². The molecule has 2 heterocycles. The van der Waals surface area contributed by atoms with Crippen molar-refractivity contribution in [2.24, 2.45) is 0 Å². The second kappa shape index (κ2) is 5.92. The molecule has 6 heteroatoms. The third-order valence-electron chi connectivity index (χ3n) is 3.97. The van der Waals surface area contributed by atoms with Crippen molar-refractivity contribution in [1.29, 1.82) is 0 Å². The van der Waals surface area contributed by atoms with Gasteiger partial charge >= 0.3 is 0 Å². The van der Waals surface area contributed by atoms with Crippen molar-refractivity contribution in [1.82, 2.24) is 14.9 Å². The smallest absolute Gasteiger partial charge is 0.224 e. The number of hydrogen-bond acceptors (Lipinski definition) is 5. The number of piperidine rings is 1. The van der Waals surface area contributed by atoms with E-state index in [4.69, 9.17) is 17.3 Å². The number of nitrogens with zero attached hydrogens (tertiary/aromatic N) is 4. The summed E-state index contributed by atoms with van der Waals surface area (Å²) in [6.07, 6.45) is 2.26. The molecule has 0 aliphatic carbocycles. The van der Waals surface area contributed by atoms with Crippen LogP contribution in [0, 0.1) is 6.92 Å². The number of aromatic nitrogens is 2. The summed E-state index contributed by atoms with van der Waals surface area (Å²) >= 11 is 5.94. The van der Waals surface area contributed by atoms with Crippen LogP contribution in [0.3, 0.4) is 0 Å². The van der Waals surface area contributed by atoms with Gasteiger partial charge in [0, 0.05) is 26.2 Å². The Labute approximate surface area is 119 Å². The summed E-state index contributed by atoms with van der Waals surface area (Å²) in [6, 6.07) is 0.468. The number of nitrogen functional groups attached to an aromatic ring is 1. The number of hydrogen-bond donors (Lipinski definition) is 1. The van der Waals surface area contributed by atoms with Gasteiger partial charge < -0.3 is 15.5 Å². The molecule has 19 heavy (non-hydrogen) atoms. The molecule has 0 unspecified atom stereocenters. The van der Waals surface area contributed by atoms with E-state index in [1.54, 1.807) is 0 Å². The molecular formula is C13H22ClN5. The third kappa shape index (κ3) is 3.09. The van der Waals surface area contributed by atoms with Gasteiger partial charge in [0.2, 0.25) is 5.28 Å². The summed E-state index contributed by atoms with van der Waals surface area (Å²) in [4.78, 5) is 13.0. The molecule has 5 nitrogen and oxygen atoms in total. The molecule has 106 valence electrons. The Morgan fingerprint density at radius 1 is 1.37 bits per heavy atom. The Balaban J connectivity index is 2.14. The maximum Gasteiger partial charge on any atom is 0.224 e. The van der Waals surface area contributed by atoms with Gasteiger partial charge in [-0.25, -0.2) is 4.98 Å². The fourth-order valence-corrected chi connectivity index (χ4v) is 2.80. The van der Waals surface area contributed by atoms with Crippen molar-refractivity contribution in [2.75, 3.05) is 37.3 Å². The zero-order valence-electron chi connectivity index (χ0n) is 11.9. The zero-order chi connectivity index (χ0) is 14.0. The van der Waals surface area contributed by atoms with Crippen LogP contribution in [-0.2, 0) is 0 Å². The quantitative estimate of drug-likeness (QED) is 0.859. The molecule has 0 atom stereocenters. The molecule has 0 spiro atoms. The summed E-state index contributed by atoms with van der Waals surface area (Å²) in [6.45, 7) is 7.44. The second-order valence-corrected chi connectivity index (χ2v) is 5.43. The molecule has 1 aliphatic rings. The van der Waals surface area contributed by atoms with Gasteiger partial charge in [-0.05, 0) is 37.9 Å². The van der Waals surface area contributed by atoms with Gasteiger partial charge in [0.15, 0.2) is 5.82 Å². The van der Waals surface area contributed by atoms with Gasteiger partial charge in [-0.15, -0.1) is 0 Å². The Morgan fingerprint density at radius 3 is 2.58 bits per heavy atom. The topological polar surface area (TPSA) is 58.3 Å². The van der Waals surface area contributed by atoms with E-state index >= 15 is 0 Å². The summed E-state index contributed by atoms with van der Waals surface area (Å²) in [7, 11) is 2.04. The first-order chi connectivity index (χ1) is 9.02. The van der Waals surface area contributed by atoms with Crippen LogP contribution < -0.4 is 10.6 Å².